The Kier molecular flexibility index (Phi) is 25.3. The van der Waals surface area contributed by atoms with E-state index >= 15 is 0 Å². The summed E-state index contributed by atoms with van der Waals surface area (Å²) in [7, 11) is 0. The molecule has 2 atom stereocenters. The fourth-order valence-electron chi connectivity index (χ4n) is 7.46. The molecule has 0 amide bonds. The van der Waals surface area contributed by atoms with Crippen molar-refractivity contribution >= 4 is 5.97 Å². The molecule has 55 heavy (non-hydrogen) atoms. The molecule has 3 rings (SSSR count). The maximum Gasteiger partial charge on any atom is 0.343 e. The summed E-state index contributed by atoms with van der Waals surface area (Å²) in [5.74, 6) is 0.735. The fourth-order valence-corrected chi connectivity index (χ4v) is 7.46. The predicted molar refractivity (Wildman–Crippen MR) is 235 cm³/mol. The predicted octanol–water partition coefficient (Wildman–Crippen LogP) is 16.2. The van der Waals surface area contributed by atoms with Gasteiger partial charge in [0.1, 0.15) is 0 Å². The van der Waals surface area contributed by atoms with E-state index in [4.69, 9.17) is 14.2 Å². The molecule has 0 aliphatic carbocycles. The van der Waals surface area contributed by atoms with Crippen molar-refractivity contribution in [1.29, 1.82) is 0 Å². The van der Waals surface area contributed by atoms with Crippen molar-refractivity contribution in [2.24, 2.45) is 0 Å². The van der Waals surface area contributed by atoms with E-state index in [-0.39, 0.29) is 18.2 Å². The molecule has 0 heterocycles. The first-order valence-corrected chi connectivity index (χ1v) is 22.9. The number of rotatable bonds is 33. The molecule has 0 radical (unpaired) electrons. The van der Waals surface area contributed by atoms with Crippen molar-refractivity contribution in [1.82, 2.24) is 0 Å². The Labute approximate surface area is 337 Å². The monoisotopic (exact) mass is 755 g/mol. The van der Waals surface area contributed by atoms with Gasteiger partial charge >= 0.3 is 5.97 Å². The van der Waals surface area contributed by atoms with Gasteiger partial charge in [0.05, 0.1) is 17.8 Å². The third-order valence-corrected chi connectivity index (χ3v) is 11.0. The first-order chi connectivity index (χ1) is 27.0. The first-order valence-electron chi connectivity index (χ1n) is 22.9. The number of carbonyl (C=O) groups excluding carboxylic acids is 1. The average Bonchev–Trinajstić information content (AvgIpc) is 3.21. The van der Waals surface area contributed by atoms with E-state index in [0.29, 0.717) is 17.1 Å². The van der Waals surface area contributed by atoms with Gasteiger partial charge in [-0.1, -0.05) is 204 Å². The van der Waals surface area contributed by atoms with E-state index in [1.165, 1.54) is 134 Å². The van der Waals surface area contributed by atoms with Crippen LogP contribution in [0.5, 0.6) is 11.5 Å². The molecule has 4 nitrogen and oxygen atoms in total. The van der Waals surface area contributed by atoms with Gasteiger partial charge in [0, 0.05) is 6.61 Å². The normalized spacial score (nSPS) is 12.4. The summed E-state index contributed by atoms with van der Waals surface area (Å²) in [5, 5.41) is 0. The van der Waals surface area contributed by atoms with Crippen molar-refractivity contribution < 1.29 is 19.0 Å². The lowest BCUT2D eigenvalue weighted by Crippen LogP contribution is -2.17. The second kappa shape index (κ2) is 30.1. The highest BCUT2D eigenvalue weighted by Gasteiger charge is 2.17. The minimum atomic E-state index is -0.378. The summed E-state index contributed by atoms with van der Waals surface area (Å²) in [4.78, 5) is 13.2. The third kappa shape index (κ3) is 20.0. The number of ether oxygens (including phenoxy) is 3. The van der Waals surface area contributed by atoms with E-state index < -0.39 is 0 Å². The standard InChI is InChI=1S/C51H78O4/c1-5-8-10-12-14-15-16-17-18-19-20-21-22-23-25-29-42-53-43(4)44-34-36-45(37-35-44)46-38-40-47(41-39-46)51(52)55-50-33-28-27-32-49(50)54-48(30-7-3)31-26-24-13-11-9-6-2/h27-28,32-41,43,48H,5-26,29-31,42H2,1-4H3. The second-order valence-electron chi connectivity index (χ2n) is 15.9. The lowest BCUT2D eigenvalue weighted by atomic mass is 10.0. The van der Waals surface area contributed by atoms with Gasteiger partial charge in [-0.2, -0.15) is 0 Å². The van der Waals surface area contributed by atoms with Crippen LogP contribution in [0.2, 0.25) is 0 Å². The quantitative estimate of drug-likeness (QED) is 0.0353. The van der Waals surface area contributed by atoms with Gasteiger partial charge in [0.15, 0.2) is 11.5 Å². The molecule has 3 aromatic carbocycles. The molecule has 0 saturated carbocycles. The molecule has 0 saturated heterocycles. The molecule has 306 valence electrons. The van der Waals surface area contributed by atoms with Crippen LogP contribution in [-0.4, -0.2) is 18.7 Å². The van der Waals surface area contributed by atoms with E-state index in [1.54, 1.807) is 0 Å². The maximum absolute atomic E-state index is 13.2. The molecule has 0 spiro atoms. The van der Waals surface area contributed by atoms with Gasteiger partial charge in [0.2, 0.25) is 0 Å². The first kappa shape index (κ1) is 46.3. The molecule has 0 N–H and O–H groups in total. The molecule has 0 bridgehead atoms. The molecule has 0 aliphatic heterocycles. The fraction of sp³-hybridized carbons (Fsp3) is 0.627. The lowest BCUT2D eigenvalue weighted by Gasteiger charge is -2.20. The second-order valence-corrected chi connectivity index (χ2v) is 15.9. The number of unbranched alkanes of at least 4 members (excludes halogenated alkanes) is 20. The third-order valence-electron chi connectivity index (χ3n) is 11.0. The van der Waals surface area contributed by atoms with Crippen LogP contribution in [0.4, 0.5) is 0 Å². The molecule has 3 aromatic rings. The Morgan fingerprint density at radius 3 is 1.45 bits per heavy atom. The number of hydrogen-bond donors (Lipinski definition) is 0. The average molecular weight is 755 g/mol. The van der Waals surface area contributed by atoms with Crippen LogP contribution >= 0.6 is 0 Å². The van der Waals surface area contributed by atoms with Crippen LogP contribution < -0.4 is 9.47 Å². The molecule has 2 unspecified atom stereocenters. The number of hydrogen-bond acceptors (Lipinski definition) is 4. The van der Waals surface area contributed by atoms with Crippen molar-refractivity contribution in [3.05, 3.63) is 83.9 Å². The Hall–Kier alpha value is -3.11. The van der Waals surface area contributed by atoms with Gasteiger partial charge in [-0.05, 0) is 73.6 Å². The van der Waals surface area contributed by atoms with Crippen LogP contribution in [0, 0.1) is 0 Å². The minimum absolute atomic E-state index is 0.0715. The van der Waals surface area contributed by atoms with Crippen LogP contribution in [0.15, 0.2) is 72.8 Å². The topological polar surface area (TPSA) is 44.8 Å². The molecule has 0 aliphatic rings. The highest BCUT2D eigenvalue weighted by molar-refractivity contribution is 5.92. The number of para-hydroxylation sites is 2. The summed E-state index contributed by atoms with van der Waals surface area (Å²) >= 11 is 0. The van der Waals surface area contributed by atoms with Crippen molar-refractivity contribution in [2.45, 2.75) is 200 Å². The summed E-state index contributed by atoms with van der Waals surface area (Å²) in [6.07, 6.45) is 33.0. The zero-order chi connectivity index (χ0) is 39.2. The van der Waals surface area contributed by atoms with Crippen molar-refractivity contribution in [3.8, 4) is 22.6 Å². The van der Waals surface area contributed by atoms with Crippen LogP contribution in [0.1, 0.15) is 210 Å². The van der Waals surface area contributed by atoms with E-state index in [9.17, 15) is 4.79 Å². The van der Waals surface area contributed by atoms with Crippen LogP contribution in [-0.2, 0) is 4.74 Å². The van der Waals surface area contributed by atoms with Gasteiger partial charge in [-0.3, -0.25) is 0 Å². The van der Waals surface area contributed by atoms with Gasteiger partial charge < -0.3 is 14.2 Å². The highest BCUT2D eigenvalue weighted by Crippen LogP contribution is 2.31. The van der Waals surface area contributed by atoms with E-state index in [1.807, 2.05) is 48.5 Å². The zero-order valence-corrected chi connectivity index (χ0v) is 35.6. The molecule has 0 aromatic heterocycles. The van der Waals surface area contributed by atoms with Gasteiger partial charge in [-0.25, -0.2) is 4.79 Å². The van der Waals surface area contributed by atoms with Crippen LogP contribution in [0.3, 0.4) is 0 Å². The summed E-state index contributed by atoms with van der Waals surface area (Å²) in [6, 6.07) is 23.8. The van der Waals surface area contributed by atoms with Crippen LogP contribution in [0.25, 0.3) is 11.1 Å². The minimum Gasteiger partial charge on any atom is -0.487 e. The lowest BCUT2D eigenvalue weighted by molar-refractivity contribution is 0.0627. The Morgan fingerprint density at radius 2 is 0.945 bits per heavy atom. The SMILES string of the molecule is CCCCCCCCCCCCCCCCCCOC(C)c1ccc(-c2ccc(C(=O)Oc3ccccc3OC(CCC)CCCCCCCC)cc2)cc1. The molecule has 0 fully saturated rings. The van der Waals surface area contributed by atoms with Crippen molar-refractivity contribution in [3.63, 3.8) is 0 Å². The largest absolute Gasteiger partial charge is 0.487 e. The van der Waals surface area contributed by atoms with E-state index in [2.05, 4.69) is 52.0 Å². The van der Waals surface area contributed by atoms with Gasteiger partial charge in [0.25, 0.3) is 0 Å². The number of benzene rings is 3. The summed E-state index contributed by atoms with van der Waals surface area (Å²) in [5.41, 5.74) is 3.88. The number of carbonyl (C=O) groups is 1. The Bertz CT molecular complexity index is 1360. The van der Waals surface area contributed by atoms with E-state index in [0.717, 1.165) is 49.8 Å². The summed E-state index contributed by atoms with van der Waals surface area (Å²) in [6.45, 7) is 9.70. The van der Waals surface area contributed by atoms with Crippen molar-refractivity contribution in [2.75, 3.05) is 6.61 Å². The van der Waals surface area contributed by atoms with Gasteiger partial charge in [-0.15, -0.1) is 0 Å². The summed E-state index contributed by atoms with van der Waals surface area (Å²) < 4.78 is 18.5. The Morgan fingerprint density at radius 1 is 0.491 bits per heavy atom. The molecule has 4 heteroatoms. The molecular formula is C51H78O4. The Balaban J connectivity index is 1.33. The number of esters is 1. The smallest absolute Gasteiger partial charge is 0.343 e. The zero-order valence-electron chi connectivity index (χ0n) is 35.6. The highest BCUT2D eigenvalue weighted by atomic mass is 16.6. The maximum atomic E-state index is 13.2. The molecular weight excluding hydrogens is 677 g/mol.